The maximum Gasteiger partial charge on any atom is 0.140 e. The molecule has 0 aliphatic heterocycles. The van der Waals surface area contributed by atoms with Gasteiger partial charge in [-0.15, -0.1) is 0 Å². The predicted octanol–water partition coefficient (Wildman–Crippen LogP) is 2.80. The SMILES string of the molecule is CC(=O)C1(c2ccc3c(c2)CCC3)CC1. The van der Waals surface area contributed by atoms with Gasteiger partial charge in [-0.3, -0.25) is 4.79 Å². The molecule has 2 aliphatic carbocycles. The number of carbonyl (C=O) groups is 1. The molecule has 1 heteroatoms. The summed E-state index contributed by atoms with van der Waals surface area (Å²) in [7, 11) is 0. The second kappa shape index (κ2) is 2.94. The zero-order chi connectivity index (χ0) is 10.5. The van der Waals surface area contributed by atoms with E-state index in [4.69, 9.17) is 0 Å². The molecule has 0 saturated heterocycles. The van der Waals surface area contributed by atoms with Gasteiger partial charge in [0, 0.05) is 0 Å². The summed E-state index contributed by atoms with van der Waals surface area (Å²) in [6.45, 7) is 1.74. The lowest BCUT2D eigenvalue weighted by Crippen LogP contribution is -2.17. The number of benzene rings is 1. The third-order valence-electron chi connectivity index (χ3n) is 4.08. The Kier molecular flexibility index (Phi) is 1.79. The quantitative estimate of drug-likeness (QED) is 0.717. The summed E-state index contributed by atoms with van der Waals surface area (Å²) >= 11 is 0. The van der Waals surface area contributed by atoms with Gasteiger partial charge in [0.2, 0.25) is 0 Å². The van der Waals surface area contributed by atoms with Crippen molar-refractivity contribution < 1.29 is 4.79 Å². The van der Waals surface area contributed by atoms with E-state index in [1.165, 1.54) is 36.0 Å². The normalized spacial score (nSPS) is 21.1. The van der Waals surface area contributed by atoms with E-state index in [9.17, 15) is 4.79 Å². The Balaban J connectivity index is 2.03. The molecule has 1 fully saturated rings. The molecule has 0 unspecified atom stereocenters. The van der Waals surface area contributed by atoms with E-state index in [0.717, 1.165) is 12.8 Å². The van der Waals surface area contributed by atoms with E-state index in [1.54, 1.807) is 6.92 Å². The number of fused-ring (bicyclic) bond motifs is 1. The van der Waals surface area contributed by atoms with Crippen LogP contribution >= 0.6 is 0 Å². The van der Waals surface area contributed by atoms with Crippen LogP contribution in [-0.4, -0.2) is 5.78 Å². The molecule has 1 aromatic carbocycles. The second-order valence-corrected chi connectivity index (χ2v) is 4.98. The summed E-state index contributed by atoms with van der Waals surface area (Å²) in [4.78, 5) is 11.6. The molecule has 0 spiro atoms. The van der Waals surface area contributed by atoms with Crippen LogP contribution in [0.2, 0.25) is 0 Å². The van der Waals surface area contributed by atoms with Crippen molar-refractivity contribution in [3.05, 3.63) is 34.9 Å². The molecule has 1 saturated carbocycles. The lowest BCUT2D eigenvalue weighted by molar-refractivity contribution is -0.119. The van der Waals surface area contributed by atoms with Crippen molar-refractivity contribution in [1.82, 2.24) is 0 Å². The second-order valence-electron chi connectivity index (χ2n) is 4.98. The zero-order valence-electron chi connectivity index (χ0n) is 9.18. The fourth-order valence-electron chi connectivity index (χ4n) is 2.84. The highest BCUT2D eigenvalue weighted by Crippen LogP contribution is 2.49. The Bertz CT molecular complexity index is 427. The van der Waals surface area contributed by atoms with Crippen LogP contribution in [0.25, 0.3) is 0 Å². The Morgan fingerprint density at radius 3 is 2.60 bits per heavy atom. The van der Waals surface area contributed by atoms with Gasteiger partial charge in [0.15, 0.2) is 0 Å². The average Bonchev–Trinajstić information content (AvgIpc) is 2.91. The molecular formula is C14H16O. The molecule has 1 nitrogen and oxygen atoms in total. The van der Waals surface area contributed by atoms with E-state index >= 15 is 0 Å². The standard InChI is InChI=1S/C14H16O/c1-10(15)14(7-8-14)13-6-5-11-3-2-4-12(11)9-13/h5-6,9H,2-4,7-8H2,1H3. The number of hydrogen-bond acceptors (Lipinski definition) is 1. The fourth-order valence-corrected chi connectivity index (χ4v) is 2.84. The van der Waals surface area contributed by atoms with Gasteiger partial charge in [-0.1, -0.05) is 18.2 Å². The van der Waals surface area contributed by atoms with E-state index in [0.29, 0.717) is 5.78 Å². The minimum absolute atomic E-state index is 0.0857. The van der Waals surface area contributed by atoms with Crippen LogP contribution in [0.4, 0.5) is 0 Å². The first kappa shape index (κ1) is 9.14. The maximum absolute atomic E-state index is 11.6. The van der Waals surface area contributed by atoms with Crippen LogP contribution in [0.5, 0.6) is 0 Å². The van der Waals surface area contributed by atoms with Crippen molar-refractivity contribution in [1.29, 1.82) is 0 Å². The van der Waals surface area contributed by atoms with Crippen LogP contribution in [0.1, 0.15) is 42.9 Å². The van der Waals surface area contributed by atoms with Gasteiger partial charge in [0.1, 0.15) is 5.78 Å². The molecule has 3 rings (SSSR count). The topological polar surface area (TPSA) is 17.1 Å². The van der Waals surface area contributed by atoms with Gasteiger partial charge in [0.05, 0.1) is 5.41 Å². The molecule has 15 heavy (non-hydrogen) atoms. The van der Waals surface area contributed by atoms with E-state index in [2.05, 4.69) is 18.2 Å². The van der Waals surface area contributed by atoms with Crippen molar-refractivity contribution in [2.75, 3.05) is 0 Å². The highest BCUT2D eigenvalue weighted by atomic mass is 16.1. The summed E-state index contributed by atoms with van der Waals surface area (Å²) in [5.74, 6) is 0.348. The highest BCUT2D eigenvalue weighted by Gasteiger charge is 2.48. The summed E-state index contributed by atoms with van der Waals surface area (Å²) in [6.07, 6.45) is 5.83. The molecule has 78 valence electrons. The van der Waals surface area contributed by atoms with Crippen molar-refractivity contribution in [2.45, 2.75) is 44.4 Å². The Labute approximate surface area is 90.5 Å². The third kappa shape index (κ3) is 1.26. The van der Waals surface area contributed by atoms with Gasteiger partial charge < -0.3 is 0 Å². The largest absolute Gasteiger partial charge is 0.299 e. The van der Waals surface area contributed by atoms with Crippen molar-refractivity contribution >= 4 is 5.78 Å². The lowest BCUT2D eigenvalue weighted by Gasteiger charge is -2.13. The van der Waals surface area contributed by atoms with Crippen LogP contribution in [-0.2, 0) is 23.1 Å². The Hall–Kier alpha value is -1.11. The number of aryl methyl sites for hydroxylation is 2. The summed E-state index contributed by atoms with van der Waals surface area (Å²) < 4.78 is 0. The number of rotatable bonds is 2. The molecular weight excluding hydrogens is 184 g/mol. The van der Waals surface area contributed by atoms with Gasteiger partial charge in [0.25, 0.3) is 0 Å². The number of carbonyl (C=O) groups excluding carboxylic acids is 1. The predicted molar refractivity (Wildman–Crippen MR) is 60.1 cm³/mol. The van der Waals surface area contributed by atoms with E-state index in [-0.39, 0.29) is 5.41 Å². The van der Waals surface area contributed by atoms with E-state index < -0.39 is 0 Å². The Morgan fingerprint density at radius 1 is 1.20 bits per heavy atom. The lowest BCUT2D eigenvalue weighted by atomic mass is 9.90. The van der Waals surface area contributed by atoms with Crippen LogP contribution < -0.4 is 0 Å². The van der Waals surface area contributed by atoms with Crippen LogP contribution in [0, 0.1) is 0 Å². The van der Waals surface area contributed by atoms with Gasteiger partial charge in [-0.2, -0.15) is 0 Å². The zero-order valence-corrected chi connectivity index (χ0v) is 9.18. The average molecular weight is 200 g/mol. The minimum Gasteiger partial charge on any atom is -0.299 e. The number of Topliss-reactive ketones (excluding diaryl/α,β-unsaturated/α-hetero) is 1. The molecule has 1 aromatic rings. The van der Waals surface area contributed by atoms with Gasteiger partial charge >= 0.3 is 0 Å². The minimum atomic E-state index is -0.0857. The molecule has 0 radical (unpaired) electrons. The Morgan fingerprint density at radius 2 is 1.93 bits per heavy atom. The van der Waals surface area contributed by atoms with Gasteiger partial charge in [-0.25, -0.2) is 0 Å². The summed E-state index contributed by atoms with van der Waals surface area (Å²) in [6, 6.07) is 6.70. The molecule has 0 aromatic heterocycles. The molecule has 0 bridgehead atoms. The summed E-state index contributed by atoms with van der Waals surface area (Å²) in [5.41, 5.74) is 4.17. The van der Waals surface area contributed by atoms with E-state index in [1.807, 2.05) is 0 Å². The third-order valence-corrected chi connectivity index (χ3v) is 4.08. The van der Waals surface area contributed by atoms with Gasteiger partial charge in [-0.05, 0) is 55.7 Å². The molecule has 0 N–H and O–H groups in total. The van der Waals surface area contributed by atoms with Crippen molar-refractivity contribution in [3.8, 4) is 0 Å². The molecule has 2 aliphatic rings. The number of ketones is 1. The van der Waals surface area contributed by atoms with Crippen molar-refractivity contribution in [2.24, 2.45) is 0 Å². The first-order chi connectivity index (χ1) is 7.22. The monoisotopic (exact) mass is 200 g/mol. The first-order valence-corrected chi connectivity index (χ1v) is 5.86. The summed E-state index contributed by atoms with van der Waals surface area (Å²) in [5, 5.41) is 0. The molecule has 0 atom stereocenters. The smallest absolute Gasteiger partial charge is 0.140 e. The highest BCUT2D eigenvalue weighted by molar-refractivity contribution is 5.91. The molecule has 0 heterocycles. The van der Waals surface area contributed by atoms with Crippen LogP contribution in [0.3, 0.4) is 0 Å². The maximum atomic E-state index is 11.6. The number of hydrogen-bond donors (Lipinski definition) is 0. The van der Waals surface area contributed by atoms with Crippen LogP contribution in [0.15, 0.2) is 18.2 Å². The fraction of sp³-hybridized carbons (Fsp3) is 0.500. The first-order valence-electron chi connectivity index (χ1n) is 5.86. The van der Waals surface area contributed by atoms with Crippen molar-refractivity contribution in [3.63, 3.8) is 0 Å². The molecule has 0 amide bonds.